The van der Waals surface area contributed by atoms with Crippen LogP contribution in [0.25, 0.3) is 0 Å². The molecule has 23 heavy (non-hydrogen) atoms. The van der Waals surface area contributed by atoms with Crippen LogP contribution in [0.4, 0.5) is 4.39 Å². The Balaban J connectivity index is 1.93. The molecule has 1 aromatic heterocycles. The van der Waals surface area contributed by atoms with Crippen molar-refractivity contribution in [1.29, 1.82) is 0 Å². The molecule has 0 aliphatic heterocycles. The number of thiazole rings is 1. The van der Waals surface area contributed by atoms with Crippen molar-refractivity contribution >= 4 is 17.2 Å². The molecule has 2 rings (SSSR count). The van der Waals surface area contributed by atoms with Crippen molar-refractivity contribution in [3.8, 4) is 0 Å². The van der Waals surface area contributed by atoms with Crippen LogP contribution in [0.15, 0.2) is 29.6 Å². The molecule has 4 nitrogen and oxygen atoms in total. The van der Waals surface area contributed by atoms with Crippen LogP contribution >= 0.6 is 11.3 Å². The van der Waals surface area contributed by atoms with Gasteiger partial charge in [-0.15, -0.1) is 11.3 Å². The van der Waals surface area contributed by atoms with E-state index in [0.717, 1.165) is 10.7 Å². The van der Waals surface area contributed by atoms with Gasteiger partial charge in [0.15, 0.2) is 0 Å². The summed E-state index contributed by atoms with van der Waals surface area (Å²) in [4.78, 5) is 16.6. The van der Waals surface area contributed by atoms with Gasteiger partial charge in [0, 0.05) is 11.3 Å². The van der Waals surface area contributed by atoms with E-state index in [9.17, 15) is 14.3 Å². The third-order valence-corrected chi connectivity index (χ3v) is 4.63. The van der Waals surface area contributed by atoms with Crippen LogP contribution in [0, 0.1) is 5.82 Å². The fourth-order valence-electron chi connectivity index (χ4n) is 2.15. The predicted molar refractivity (Wildman–Crippen MR) is 88.7 cm³/mol. The maximum atomic E-state index is 13.1. The molecule has 0 aliphatic carbocycles. The average Bonchev–Trinajstić information content (AvgIpc) is 2.97. The van der Waals surface area contributed by atoms with E-state index in [4.69, 9.17) is 0 Å². The molecule has 124 valence electrons. The van der Waals surface area contributed by atoms with Gasteiger partial charge in [-0.25, -0.2) is 9.37 Å². The molecule has 0 saturated carbocycles. The highest BCUT2D eigenvalue weighted by Crippen LogP contribution is 2.23. The van der Waals surface area contributed by atoms with E-state index < -0.39 is 11.9 Å². The lowest BCUT2D eigenvalue weighted by Gasteiger charge is -2.15. The number of aliphatic hydroxyl groups excluding tert-OH is 1. The number of benzene rings is 1. The maximum absolute atomic E-state index is 13.1. The van der Waals surface area contributed by atoms with Crippen molar-refractivity contribution in [3.05, 3.63) is 51.7 Å². The van der Waals surface area contributed by atoms with Gasteiger partial charge >= 0.3 is 0 Å². The van der Waals surface area contributed by atoms with Crippen LogP contribution in [-0.4, -0.2) is 16.0 Å². The van der Waals surface area contributed by atoms with Gasteiger partial charge in [-0.2, -0.15) is 0 Å². The molecule has 0 aliphatic rings. The number of carbonyl (C=O) groups is 1. The summed E-state index contributed by atoms with van der Waals surface area (Å²) >= 11 is 1.57. The summed E-state index contributed by atoms with van der Waals surface area (Å²) in [6.07, 6.45) is -1.14. The summed E-state index contributed by atoms with van der Waals surface area (Å²) in [5, 5.41) is 15.8. The number of hydrogen-bond acceptors (Lipinski definition) is 4. The molecule has 0 radical (unpaired) electrons. The maximum Gasteiger partial charge on any atom is 0.223 e. The number of halogens is 1. The quantitative estimate of drug-likeness (QED) is 0.845. The second-order valence-corrected chi connectivity index (χ2v) is 6.72. The Morgan fingerprint density at radius 1 is 1.39 bits per heavy atom. The number of aromatic nitrogens is 1. The summed E-state index contributed by atoms with van der Waals surface area (Å²) in [7, 11) is 0. The van der Waals surface area contributed by atoms with Crippen LogP contribution in [0.3, 0.4) is 0 Å². The van der Waals surface area contributed by atoms with Gasteiger partial charge in [-0.3, -0.25) is 4.79 Å². The lowest BCUT2D eigenvalue weighted by atomic mass is 10.1. The first-order chi connectivity index (χ1) is 10.9. The molecule has 6 heteroatoms. The Labute approximate surface area is 139 Å². The lowest BCUT2D eigenvalue weighted by molar-refractivity contribution is -0.123. The number of carbonyl (C=O) groups excluding carboxylic acids is 1. The highest BCUT2D eigenvalue weighted by atomic mass is 32.1. The molecule has 0 spiro atoms. The van der Waals surface area contributed by atoms with Crippen LogP contribution in [0.5, 0.6) is 0 Å². The molecular formula is C17H21FN2O2S. The predicted octanol–water partition coefficient (Wildman–Crippen LogP) is 3.71. The first kappa shape index (κ1) is 17.6. The summed E-state index contributed by atoms with van der Waals surface area (Å²) in [6, 6.07) is 5.41. The van der Waals surface area contributed by atoms with Crippen molar-refractivity contribution in [2.45, 2.75) is 45.3 Å². The second-order valence-electron chi connectivity index (χ2n) is 5.83. The smallest absolute Gasteiger partial charge is 0.223 e. The third kappa shape index (κ3) is 4.84. The van der Waals surface area contributed by atoms with E-state index in [1.807, 2.05) is 12.3 Å². The number of rotatable bonds is 6. The standard InChI is InChI=1S/C17H21FN2O2S/c1-10(2)17-20-14(9-23-17)11(3)19-16(22)8-15(21)12-5-4-6-13(18)7-12/h4-7,9-11,15,21H,8H2,1-3H3,(H,19,22). The van der Waals surface area contributed by atoms with Crippen molar-refractivity contribution < 1.29 is 14.3 Å². The summed E-state index contributed by atoms with van der Waals surface area (Å²) in [5.74, 6) is -0.376. The van der Waals surface area contributed by atoms with Gasteiger partial charge < -0.3 is 10.4 Å². The molecule has 2 aromatic rings. The van der Waals surface area contributed by atoms with E-state index >= 15 is 0 Å². The number of hydrogen-bond donors (Lipinski definition) is 2. The van der Waals surface area contributed by atoms with Crippen LogP contribution < -0.4 is 5.32 Å². The Hall–Kier alpha value is -1.79. The summed E-state index contributed by atoms with van der Waals surface area (Å²) in [5.41, 5.74) is 1.20. The van der Waals surface area contributed by atoms with Crippen LogP contribution in [0.2, 0.25) is 0 Å². The normalized spacial score (nSPS) is 13.8. The molecular weight excluding hydrogens is 315 g/mol. The molecule has 2 atom stereocenters. The molecule has 1 heterocycles. The monoisotopic (exact) mass is 336 g/mol. The number of nitrogens with one attached hydrogen (secondary N) is 1. The molecule has 2 N–H and O–H groups in total. The zero-order valence-electron chi connectivity index (χ0n) is 13.4. The van der Waals surface area contributed by atoms with E-state index in [-0.39, 0.29) is 18.4 Å². The van der Waals surface area contributed by atoms with Crippen LogP contribution in [0.1, 0.15) is 61.5 Å². The molecule has 0 saturated heterocycles. The molecule has 2 unspecified atom stereocenters. The van der Waals surface area contributed by atoms with Crippen LogP contribution in [-0.2, 0) is 4.79 Å². The molecule has 0 bridgehead atoms. The Morgan fingerprint density at radius 2 is 2.13 bits per heavy atom. The Morgan fingerprint density at radius 3 is 2.74 bits per heavy atom. The fraction of sp³-hybridized carbons (Fsp3) is 0.412. The molecule has 1 amide bonds. The highest BCUT2D eigenvalue weighted by Gasteiger charge is 2.18. The first-order valence-electron chi connectivity index (χ1n) is 7.55. The van der Waals surface area contributed by atoms with Gasteiger partial charge in [0.2, 0.25) is 5.91 Å². The van der Waals surface area contributed by atoms with Crippen molar-refractivity contribution in [2.75, 3.05) is 0 Å². The summed E-state index contributed by atoms with van der Waals surface area (Å²) in [6.45, 7) is 5.99. The Bertz CT molecular complexity index is 672. The third-order valence-electron chi connectivity index (χ3n) is 3.47. The minimum atomic E-state index is -1.03. The van der Waals surface area contributed by atoms with Crippen molar-refractivity contribution in [1.82, 2.24) is 10.3 Å². The van der Waals surface area contributed by atoms with E-state index in [2.05, 4.69) is 24.1 Å². The Kier molecular flexibility index (Phi) is 5.85. The number of nitrogens with zero attached hydrogens (tertiary/aromatic N) is 1. The second kappa shape index (κ2) is 7.66. The molecule has 0 fully saturated rings. The van der Waals surface area contributed by atoms with Gasteiger partial charge in [0.05, 0.1) is 29.3 Å². The van der Waals surface area contributed by atoms with E-state index in [0.29, 0.717) is 11.5 Å². The van der Waals surface area contributed by atoms with E-state index in [1.54, 1.807) is 17.4 Å². The van der Waals surface area contributed by atoms with Crippen molar-refractivity contribution in [2.24, 2.45) is 0 Å². The van der Waals surface area contributed by atoms with Gasteiger partial charge in [0.25, 0.3) is 0 Å². The first-order valence-corrected chi connectivity index (χ1v) is 8.43. The summed E-state index contributed by atoms with van der Waals surface area (Å²) < 4.78 is 13.1. The van der Waals surface area contributed by atoms with E-state index in [1.165, 1.54) is 18.2 Å². The SMILES string of the molecule is CC(C)c1nc(C(C)NC(=O)CC(O)c2cccc(F)c2)cs1. The number of aliphatic hydroxyl groups is 1. The zero-order valence-corrected chi connectivity index (χ0v) is 14.2. The zero-order chi connectivity index (χ0) is 17.0. The van der Waals surface area contributed by atoms with Crippen molar-refractivity contribution in [3.63, 3.8) is 0 Å². The average molecular weight is 336 g/mol. The minimum Gasteiger partial charge on any atom is -0.388 e. The lowest BCUT2D eigenvalue weighted by Crippen LogP contribution is -2.28. The highest BCUT2D eigenvalue weighted by molar-refractivity contribution is 7.09. The van der Waals surface area contributed by atoms with Gasteiger partial charge in [-0.1, -0.05) is 26.0 Å². The molecule has 1 aromatic carbocycles. The number of amides is 1. The topological polar surface area (TPSA) is 62.2 Å². The minimum absolute atomic E-state index is 0.116. The largest absolute Gasteiger partial charge is 0.388 e. The van der Waals surface area contributed by atoms with Gasteiger partial charge in [0.1, 0.15) is 5.82 Å². The van der Waals surface area contributed by atoms with Gasteiger partial charge in [-0.05, 0) is 24.6 Å². The fourth-order valence-corrected chi connectivity index (χ4v) is 3.08.